The fourth-order valence-electron chi connectivity index (χ4n) is 3.15. The Morgan fingerprint density at radius 1 is 1.04 bits per heavy atom. The summed E-state index contributed by atoms with van der Waals surface area (Å²) in [6.07, 6.45) is 4.70. The summed E-state index contributed by atoms with van der Waals surface area (Å²) < 4.78 is 5.66. The lowest BCUT2D eigenvalue weighted by molar-refractivity contribution is 0.342. The van der Waals surface area contributed by atoms with Crippen LogP contribution >= 0.6 is 0 Å². The average Bonchev–Trinajstić information content (AvgIpc) is 3.13. The topological polar surface area (TPSA) is 74.9 Å². The number of anilines is 3. The van der Waals surface area contributed by atoms with Gasteiger partial charge in [-0.15, -0.1) is 0 Å². The number of aromatic amines is 1. The first-order valence-electron chi connectivity index (χ1n) is 9.44. The highest BCUT2D eigenvalue weighted by molar-refractivity contribution is 5.83. The maximum Gasteiger partial charge on any atom is 0.224 e. The molecule has 2 heterocycles. The first-order chi connectivity index (χ1) is 13.8. The summed E-state index contributed by atoms with van der Waals surface area (Å²) in [7, 11) is 0. The molecular formula is C22H23N5O. The number of nitrogens with one attached hydrogen (secondary N) is 3. The molecule has 0 fully saturated rings. The van der Waals surface area contributed by atoms with Crippen molar-refractivity contribution in [2.45, 2.75) is 13.3 Å². The molecule has 0 radical (unpaired) electrons. The van der Waals surface area contributed by atoms with Crippen molar-refractivity contribution in [2.24, 2.45) is 0 Å². The minimum atomic E-state index is 0.596. The number of fused-ring (bicyclic) bond motifs is 1. The molecule has 0 amide bonds. The van der Waals surface area contributed by atoms with Crippen molar-refractivity contribution in [3.63, 3.8) is 0 Å². The fourth-order valence-corrected chi connectivity index (χ4v) is 3.15. The van der Waals surface area contributed by atoms with Crippen molar-refractivity contribution in [3.05, 3.63) is 72.6 Å². The van der Waals surface area contributed by atoms with E-state index >= 15 is 0 Å². The SMILES string of the molecule is CCOc1ccccc1Nc1ccnc(NCCc2c[nH]c3ccccc23)n1. The lowest BCUT2D eigenvalue weighted by Gasteiger charge is -2.12. The zero-order chi connectivity index (χ0) is 19.2. The predicted molar refractivity (Wildman–Crippen MR) is 113 cm³/mol. The van der Waals surface area contributed by atoms with Gasteiger partial charge in [0.1, 0.15) is 11.6 Å². The molecule has 0 aliphatic heterocycles. The van der Waals surface area contributed by atoms with Crippen LogP contribution in [0.2, 0.25) is 0 Å². The van der Waals surface area contributed by atoms with E-state index in [0.717, 1.165) is 35.7 Å². The number of hydrogen-bond acceptors (Lipinski definition) is 5. The van der Waals surface area contributed by atoms with Gasteiger partial charge >= 0.3 is 0 Å². The quantitative estimate of drug-likeness (QED) is 0.415. The number of rotatable bonds is 8. The summed E-state index contributed by atoms with van der Waals surface area (Å²) in [6.45, 7) is 3.33. The Balaban J connectivity index is 1.40. The third-order valence-corrected chi connectivity index (χ3v) is 4.46. The van der Waals surface area contributed by atoms with Crippen molar-refractivity contribution in [2.75, 3.05) is 23.8 Å². The maximum atomic E-state index is 5.66. The van der Waals surface area contributed by atoms with E-state index in [4.69, 9.17) is 4.74 Å². The molecule has 28 heavy (non-hydrogen) atoms. The van der Waals surface area contributed by atoms with Gasteiger partial charge < -0.3 is 20.4 Å². The summed E-state index contributed by atoms with van der Waals surface area (Å²) >= 11 is 0. The van der Waals surface area contributed by atoms with Gasteiger partial charge in [-0.2, -0.15) is 4.98 Å². The number of nitrogens with zero attached hydrogens (tertiary/aromatic N) is 2. The molecule has 0 aliphatic rings. The molecule has 0 aliphatic carbocycles. The average molecular weight is 373 g/mol. The molecule has 0 atom stereocenters. The van der Waals surface area contributed by atoms with Crippen molar-refractivity contribution in [1.29, 1.82) is 0 Å². The largest absolute Gasteiger partial charge is 0.492 e. The molecule has 142 valence electrons. The summed E-state index contributed by atoms with van der Waals surface area (Å²) in [5, 5.41) is 7.87. The highest BCUT2D eigenvalue weighted by Crippen LogP contribution is 2.26. The van der Waals surface area contributed by atoms with Gasteiger partial charge in [0.2, 0.25) is 5.95 Å². The van der Waals surface area contributed by atoms with E-state index in [2.05, 4.69) is 50.0 Å². The van der Waals surface area contributed by atoms with Crippen LogP contribution in [0.15, 0.2) is 67.0 Å². The molecule has 2 aromatic heterocycles. The number of para-hydroxylation sites is 3. The Kier molecular flexibility index (Phi) is 5.38. The fraction of sp³-hybridized carbons (Fsp3) is 0.182. The predicted octanol–water partition coefficient (Wildman–Crippen LogP) is 4.75. The van der Waals surface area contributed by atoms with E-state index in [1.807, 2.05) is 43.3 Å². The Hall–Kier alpha value is -3.54. The smallest absolute Gasteiger partial charge is 0.224 e. The van der Waals surface area contributed by atoms with Crippen molar-refractivity contribution in [3.8, 4) is 5.75 Å². The second kappa shape index (κ2) is 8.43. The van der Waals surface area contributed by atoms with Crippen LogP contribution in [0, 0.1) is 0 Å². The van der Waals surface area contributed by atoms with E-state index in [0.29, 0.717) is 12.6 Å². The molecule has 4 aromatic rings. The van der Waals surface area contributed by atoms with E-state index in [1.54, 1.807) is 6.20 Å². The highest BCUT2D eigenvalue weighted by Gasteiger charge is 2.06. The molecule has 0 unspecified atom stereocenters. The summed E-state index contributed by atoms with van der Waals surface area (Å²) in [6, 6.07) is 18.0. The highest BCUT2D eigenvalue weighted by atomic mass is 16.5. The van der Waals surface area contributed by atoms with E-state index in [1.165, 1.54) is 10.9 Å². The van der Waals surface area contributed by atoms with E-state index in [9.17, 15) is 0 Å². The van der Waals surface area contributed by atoms with Gasteiger partial charge in [0.25, 0.3) is 0 Å². The Morgan fingerprint density at radius 2 is 1.89 bits per heavy atom. The molecular weight excluding hydrogens is 350 g/mol. The van der Waals surface area contributed by atoms with Crippen LogP contribution in [0.5, 0.6) is 5.75 Å². The van der Waals surface area contributed by atoms with Crippen molar-refractivity contribution >= 4 is 28.4 Å². The minimum Gasteiger partial charge on any atom is -0.492 e. The molecule has 0 saturated carbocycles. The molecule has 0 bridgehead atoms. The van der Waals surface area contributed by atoms with E-state index in [-0.39, 0.29) is 0 Å². The van der Waals surface area contributed by atoms with Crippen molar-refractivity contribution in [1.82, 2.24) is 15.0 Å². The second-order valence-electron chi connectivity index (χ2n) is 6.36. The van der Waals surface area contributed by atoms with Crippen LogP contribution in [0.25, 0.3) is 10.9 Å². The first kappa shape index (κ1) is 17.9. The molecule has 6 heteroatoms. The lowest BCUT2D eigenvalue weighted by atomic mass is 10.1. The Labute approximate surface area is 164 Å². The zero-order valence-corrected chi connectivity index (χ0v) is 15.8. The summed E-state index contributed by atoms with van der Waals surface area (Å²) in [5.41, 5.74) is 3.32. The monoisotopic (exact) mass is 373 g/mol. The number of benzene rings is 2. The van der Waals surface area contributed by atoms with Gasteiger partial charge in [-0.25, -0.2) is 4.98 Å². The van der Waals surface area contributed by atoms with E-state index < -0.39 is 0 Å². The summed E-state index contributed by atoms with van der Waals surface area (Å²) in [4.78, 5) is 12.2. The van der Waals surface area contributed by atoms with Gasteiger partial charge in [0, 0.05) is 29.8 Å². The van der Waals surface area contributed by atoms with Gasteiger partial charge in [0.05, 0.1) is 12.3 Å². The van der Waals surface area contributed by atoms with Gasteiger partial charge in [0.15, 0.2) is 0 Å². The molecule has 6 nitrogen and oxygen atoms in total. The van der Waals surface area contributed by atoms with Crippen LogP contribution in [0.4, 0.5) is 17.5 Å². The van der Waals surface area contributed by atoms with Gasteiger partial charge in [-0.1, -0.05) is 30.3 Å². The maximum absolute atomic E-state index is 5.66. The normalized spacial score (nSPS) is 10.8. The minimum absolute atomic E-state index is 0.596. The Bertz CT molecular complexity index is 1060. The van der Waals surface area contributed by atoms with Crippen LogP contribution in [0.1, 0.15) is 12.5 Å². The standard InChI is InChI=1S/C22H23N5O/c1-2-28-20-10-6-5-9-19(20)26-21-12-14-24-22(27-21)23-13-11-16-15-25-18-8-4-3-7-17(16)18/h3-10,12,14-15,25H,2,11,13H2,1H3,(H2,23,24,26,27). The molecule has 0 spiro atoms. The number of hydrogen-bond donors (Lipinski definition) is 3. The van der Waals surface area contributed by atoms with Crippen molar-refractivity contribution < 1.29 is 4.74 Å². The van der Waals surface area contributed by atoms with Gasteiger partial charge in [-0.3, -0.25) is 0 Å². The zero-order valence-electron chi connectivity index (χ0n) is 15.8. The van der Waals surface area contributed by atoms with Crippen LogP contribution in [-0.2, 0) is 6.42 Å². The molecule has 4 rings (SSSR count). The number of ether oxygens (including phenoxy) is 1. The van der Waals surface area contributed by atoms with Crippen LogP contribution in [0.3, 0.4) is 0 Å². The number of aromatic nitrogens is 3. The van der Waals surface area contributed by atoms with Crippen LogP contribution in [-0.4, -0.2) is 28.1 Å². The van der Waals surface area contributed by atoms with Gasteiger partial charge in [-0.05, 0) is 43.2 Å². The molecule has 2 aromatic carbocycles. The number of H-pyrrole nitrogens is 1. The second-order valence-corrected chi connectivity index (χ2v) is 6.36. The lowest BCUT2D eigenvalue weighted by Crippen LogP contribution is -2.08. The van der Waals surface area contributed by atoms with Crippen LogP contribution < -0.4 is 15.4 Å². The third-order valence-electron chi connectivity index (χ3n) is 4.46. The summed E-state index contributed by atoms with van der Waals surface area (Å²) in [5.74, 6) is 2.12. The molecule has 3 N–H and O–H groups in total. The Morgan fingerprint density at radius 3 is 2.82 bits per heavy atom. The molecule has 0 saturated heterocycles. The third kappa shape index (κ3) is 4.06. The first-order valence-corrected chi connectivity index (χ1v) is 9.44.